The third-order valence-electron chi connectivity index (χ3n) is 2.79. The van der Waals surface area contributed by atoms with Gasteiger partial charge in [0.25, 0.3) is 5.91 Å². The summed E-state index contributed by atoms with van der Waals surface area (Å²) in [6.45, 7) is 2.05. The first-order valence-electron chi connectivity index (χ1n) is 5.51. The highest BCUT2D eigenvalue weighted by molar-refractivity contribution is 6.02. The van der Waals surface area contributed by atoms with Gasteiger partial charge in [-0.3, -0.25) is 10.1 Å². The molecule has 0 heterocycles. The maximum Gasteiger partial charge on any atom is 0.328 e. The molecule has 0 radical (unpaired) electrons. The molecule has 1 saturated carbocycles. The van der Waals surface area contributed by atoms with Crippen LogP contribution in [0.2, 0.25) is 0 Å². The predicted molar refractivity (Wildman–Crippen MR) is 60.3 cm³/mol. The van der Waals surface area contributed by atoms with Gasteiger partial charge in [0.05, 0.1) is 0 Å². The number of carbonyl (C=O) groups is 3. The summed E-state index contributed by atoms with van der Waals surface area (Å²) in [6.07, 6.45) is 4.53. The van der Waals surface area contributed by atoms with Crippen LogP contribution < -0.4 is 10.6 Å². The zero-order valence-corrected chi connectivity index (χ0v) is 9.60. The van der Waals surface area contributed by atoms with Gasteiger partial charge in [-0.15, -0.1) is 0 Å². The second kappa shape index (κ2) is 6.03. The molecule has 3 N–H and O–H groups in total. The van der Waals surface area contributed by atoms with Crippen LogP contribution in [0, 0.1) is 5.92 Å². The van der Waals surface area contributed by atoms with Crippen molar-refractivity contribution in [1.82, 2.24) is 10.6 Å². The third kappa shape index (κ3) is 4.67. The van der Waals surface area contributed by atoms with Crippen LogP contribution in [0.5, 0.6) is 0 Å². The van der Waals surface area contributed by atoms with Crippen molar-refractivity contribution < 1.29 is 19.5 Å². The van der Waals surface area contributed by atoms with E-state index in [1.807, 2.05) is 12.2 Å². The SMILES string of the molecule is CC1CCCC1NC(=O)NC(=O)C=CC(=O)O. The van der Waals surface area contributed by atoms with Crippen molar-refractivity contribution in [2.45, 2.75) is 32.2 Å². The van der Waals surface area contributed by atoms with Crippen LogP contribution >= 0.6 is 0 Å². The van der Waals surface area contributed by atoms with Gasteiger partial charge >= 0.3 is 12.0 Å². The number of urea groups is 1. The van der Waals surface area contributed by atoms with Crippen molar-refractivity contribution in [3.63, 3.8) is 0 Å². The molecule has 1 rings (SSSR count). The fourth-order valence-electron chi connectivity index (χ4n) is 1.86. The first-order chi connectivity index (χ1) is 7.99. The highest BCUT2D eigenvalue weighted by Crippen LogP contribution is 2.24. The van der Waals surface area contributed by atoms with Crippen molar-refractivity contribution in [2.75, 3.05) is 0 Å². The van der Waals surface area contributed by atoms with E-state index in [-0.39, 0.29) is 6.04 Å². The normalized spacial score (nSPS) is 23.6. The van der Waals surface area contributed by atoms with Crippen LogP contribution in [-0.2, 0) is 9.59 Å². The lowest BCUT2D eigenvalue weighted by atomic mass is 10.1. The van der Waals surface area contributed by atoms with E-state index in [9.17, 15) is 14.4 Å². The molecule has 94 valence electrons. The number of nitrogens with one attached hydrogen (secondary N) is 2. The minimum atomic E-state index is -1.23. The number of carbonyl (C=O) groups excluding carboxylic acids is 2. The van der Waals surface area contributed by atoms with Crippen LogP contribution in [0.25, 0.3) is 0 Å². The molecule has 0 aromatic carbocycles. The first kappa shape index (κ1) is 13.2. The lowest BCUT2D eigenvalue weighted by Crippen LogP contribution is -2.45. The Morgan fingerprint density at radius 2 is 1.94 bits per heavy atom. The zero-order chi connectivity index (χ0) is 12.8. The van der Waals surface area contributed by atoms with Gasteiger partial charge in [0.1, 0.15) is 0 Å². The summed E-state index contributed by atoms with van der Waals surface area (Å²) in [5, 5.41) is 13.0. The largest absolute Gasteiger partial charge is 0.478 e. The van der Waals surface area contributed by atoms with Crippen molar-refractivity contribution >= 4 is 17.9 Å². The molecular weight excluding hydrogens is 224 g/mol. The number of hydrogen-bond donors (Lipinski definition) is 3. The smallest absolute Gasteiger partial charge is 0.328 e. The average molecular weight is 240 g/mol. The minimum absolute atomic E-state index is 0.0891. The highest BCUT2D eigenvalue weighted by atomic mass is 16.4. The molecule has 1 aliphatic rings. The van der Waals surface area contributed by atoms with E-state index in [4.69, 9.17) is 5.11 Å². The van der Waals surface area contributed by atoms with E-state index in [0.717, 1.165) is 25.3 Å². The maximum absolute atomic E-state index is 11.4. The van der Waals surface area contributed by atoms with Gasteiger partial charge in [0.2, 0.25) is 0 Å². The fraction of sp³-hybridized carbons (Fsp3) is 0.545. The number of hydrogen-bond acceptors (Lipinski definition) is 3. The standard InChI is InChI=1S/C11H16N2O4/c1-7-3-2-4-8(7)12-11(17)13-9(14)5-6-10(15)16/h5-8H,2-4H2,1H3,(H,15,16)(H2,12,13,14,17). The highest BCUT2D eigenvalue weighted by Gasteiger charge is 2.24. The van der Waals surface area contributed by atoms with Gasteiger partial charge in [-0.25, -0.2) is 9.59 Å². The average Bonchev–Trinajstić information content (AvgIpc) is 2.61. The van der Waals surface area contributed by atoms with Gasteiger partial charge < -0.3 is 10.4 Å². The molecule has 0 spiro atoms. The van der Waals surface area contributed by atoms with E-state index in [0.29, 0.717) is 12.0 Å². The summed E-state index contributed by atoms with van der Waals surface area (Å²) in [5.41, 5.74) is 0. The third-order valence-corrected chi connectivity index (χ3v) is 2.79. The molecule has 17 heavy (non-hydrogen) atoms. The van der Waals surface area contributed by atoms with Gasteiger partial charge in [-0.2, -0.15) is 0 Å². The summed E-state index contributed by atoms with van der Waals surface area (Å²) in [6, 6.07) is -0.491. The Labute approximate surface area is 99.1 Å². The Kier molecular flexibility index (Phi) is 4.68. The second-order valence-corrected chi connectivity index (χ2v) is 4.15. The molecule has 2 atom stereocenters. The van der Waals surface area contributed by atoms with Crippen molar-refractivity contribution in [1.29, 1.82) is 0 Å². The molecule has 0 aromatic heterocycles. The molecule has 0 aromatic rings. The molecule has 6 nitrogen and oxygen atoms in total. The Bertz CT molecular complexity index is 351. The lowest BCUT2D eigenvalue weighted by molar-refractivity contribution is -0.131. The monoisotopic (exact) mass is 240 g/mol. The van der Waals surface area contributed by atoms with E-state index < -0.39 is 17.9 Å². The zero-order valence-electron chi connectivity index (χ0n) is 9.60. The molecule has 6 heteroatoms. The first-order valence-corrected chi connectivity index (χ1v) is 5.51. The number of aliphatic carboxylic acids is 1. The predicted octanol–water partition coefficient (Wildman–Crippen LogP) is 0.642. The Hall–Kier alpha value is -1.85. The Balaban J connectivity index is 2.34. The molecule has 1 fully saturated rings. The van der Waals surface area contributed by atoms with Gasteiger partial charge in [0, 0.05) is 18.2 Å². The van der Waals surface area contributed by atoms with Crippen LogP contribution in [0.1, 0.15) is 26.2 Å². The molecule has 3 amide bonds. The van der Waals surface area contributed by atoms with Crippen molar-refractivity contribution in [3.05, 3.63) is 12.2 Å². The molecule has 1 aliphatic carbocycles. The van der Waals surface area contributed by atoms with E-state index in [2.05, 4.69) is 5.32 Å². The van der Waals surface area contributed by atoms with Crippen LogP contribution in [0.4, 0.5) is 4.79 Å². The van der Waals surface area contributed by atoms with Crippen molar-refractivity contribution in [3.8, 4) is 0 Å². The summed E-state index contributed by atoms with van der Waals surface area (Å²) in [7, 11) is 0. The van der Waals surface area contributed by atoms with Gasteiger partial charge in [-0.05, 0) is 18.8 Å². The Morgan fingerprint density at radius 1 is 1.24 bits per heavy atom. The van der Waals surface area contributed by atoms with Gasteiger partial charge in [0.15, 0.2) is 0 Å². The summed E-state index contributed by atoms with van der Waals surface area (Å²) in [5.74, 6) is -1.56. The minimum Gasteiger partial charge on any atom is -0.478 e. The lowest BCUT2D eigenvalue weighted by Gasteiger charge is -2.16. The number of carboxylic acids is 1. The molecule has 2 unspecified atom stereocenters. The number of carboxylic acid groups (broad SMARTS) is 1. The topological polar surface area (TPSA) is 95.5 Å². The molecule has 0 bridgehead atoms. The van der Waals surface area contributed by atoms with Crippen molar-refractivity contribution in [2.24, 2.45) is 5.92 Å². The molecule has 0 saturated heterocycles. The number of amides is 3. The van der Waals surface area contributed by atoms with Crippen LogP contribution in [-0.4, -0.2) is 29.1 Å². The van der Waals surface area contributed by atoms with E-state index in [1.165, 1.54) is 0 Å². The molecule has 0 aliphatic heterocycles. The number of rotatable bonds is 3. The van der Waals surface area contributed by atoms with Crippen LogP contribution in [0.15, 0.2) is 12.2 Å². The number of imide groups is 1. The van der Waals surface area contributed by atoms with Gasteiger partial charge in [-0.1, -0.05) is 13.3 Å². The molecular formula is C11H16N2O4. The Morgan fingerprint density at radius 3 is 2.47 bits per heavy atom. The van der Waals surface area contributed by atoms with E-state index >= 15 is 0 Å². The maximum atomic E-state index is 11.4. The summed E-state index contributed by atoms with van der Waals surface area (Å²) in [4.78, 5) is 32.6. The van der Waals surface area contributed by atoms with Crippen LogP contribution in [0.3, 0.4) is 0 Å². The summed E-state index contributed by atoms with van der Waals surface area (Å²) < 4.78 is 0. The fourth-order valence-corrected chi connectivity index (χ4v) is 1.86. The second-order valence-electron chi connectivity index (χ2n) is 4.15. The summed E-state index contributed by atoms with van der Waals surface area (Å²) >= 11 is 0. The quantitative estimate of drug-likeness (QED) is 0.631. The van der Waals surface area contributed by atoms with E-state index in [1.54, 1.807) is 0 Å².